The Balaban J connectivity index is 1.18. The summed E-state index contributed by atoms with van der Waals surface area (Å²) >= 11 is 0. The minimum Gasteiger partial charge on any atom is -0.310 e. The van der Waals surface area contributed by atoms with Gasteiger partial charge >= 0.3 is 0 Å². The first-order valence-electron chi connectivity index (χ1n) is 20.4. The van der Waals surface area contributed by atoms with Gasteiger partial charge < -0.3 is 9.80 Å². The summed E-state index contributed by atoms with van der Waals surface area (Å²) in [4.78, 5) is 4.86. The molecule has 1 unspecified atom stereocenters. The van der Waals surface area contributed by atoms with Crippen LogP contribution in [0.4, 0.5) is 34.1 Å². The molecule has 0 amide bonds. The van der Waals surface area contributed by atoms with E-state index in [2.05, 4.69) is 240 Å². The fraction of sp³-hybridized carbons (Fsp3) is 0.0175. The van der Waals surface area contributed by atoms with Gasteiger partial charge in [-0.3, -0.25) is 0 Å². The maximum absolute atomic E-state index is 2.52. The van der Waals surface area contributed by atoms with E-state index in [0.29, 0.717) is 0 Å². The molecular weight excluding hydrogens is 713 g/mol. The van der Waals surface area contributed by atoms with Crippen LogP contribution in [0.5, 0.6) is 0 Å². The summed E-state index contributed by atoms with van der Waals surface area (Å²) in [7, 11) is 0. The van der Waals surface area contributed by atoms with Crippen LogP contribution in [-0.2, 0) is 5.41 Å². The van der Waals surface area contributed by atoms with E-state index in [-0.39, 0.29) is 0 Å². The lowest BCUT2D eigenvalue weighted by atomic mass is 9.70. The minimum absolute atomic E-state index is 0.572. The highest BCUT2D eigenvalue weighted by Gasteiger charge is 2.52. The van der Waals surface area contributed by atoms with Crippen molar-refractivity contribution >= 4 is 55.7 Å². The van der Waals surface area contributed by atoms with Gasteiger partial charge in [0.05, 0.1) is 11.1 Å². The van der Waals surface area contributed by atoms with E-state index in [1.54, 1.807) is 0 Å². The van der Waals surface area contributed by atoms with E-state index >= 15 is 0 Å². The number of fused-ring (bicyclic) bond motifs is 13. The van der Waals surface area contributed by atoms with Gasteiger partial charge in [0.25, 0.3) is 0 Å². The summed E-state index contributed by atoms with van der Waals surface area (Å²) < 4.78 is 0. The summed E-state index contributed by atoms with van der Waals surface area (Å²) in [5, 5.41) is 4.92. The molecule has 0 aromatic heterocycles. The average molecular weight is 751 g/mol. The monoisotopic (exact) mass is 750 g/mol. The second-order valence-corrected chi connectivity index (χ2v) is 15.6. The third-order valence-corrected chi connectivity index (χ3v) is 12.6. The fourth-order valence-corrected chi connectivity index (χ4v) is 10.2. The fourth-order valence-electron chi connectivity index (χ4n) is 10.2. The second-order valence-electron chi connectivity index (χ2n) is 15.6. The minimum atomic E-state index is -0.572. The Morgan fingerprint density at radius 1 is 0.271 bits per heavy atom. The molecule has 2 aliphatic rings. The molecule has 276 valence electrons. The van der Waals surface area contributed by atoms with Crippen molar-refractivity contribution in [2.75, 3.05) is 9.80 Å². The van der Waals surface area contributed by atoms with Gasteiger partial charge in [0.15, 0.2) is 0 Å². The Hall–Kier alpha value is -7.68. The van der Waals surface area contributed by atoms with Gasteiger partial charge in [-0.25, -0.2) is 0 Å². The lowest BCUT2D eigenvalue weighted by Crippen LogP contribution is -2.26. The Bertz CT molecular complexity index is 3190. The van der Waals surface area contributed by atoms with Crippen molar-refractivity contribution in [1.29, 1.82) is 0 Å². The van der Waals surface area contributed by atoms with E-state index in [0.717, 1.165) is 34.1 Å². The third-order valence-electron chi connectivity index (χ3n) is 12.6. The number of para-hydroxylation sites is 3. The topological polar surface area (TPSA) is 6.48 Å². The Morgan fingerprint density at radius 3 is 1.46 bits per heavy atom. The van der Waals surface area contributed by atoms with E-state index < -0.39 is 5.41 Å². The van der Waals surface area contributed by atoms with Crippen molar-refractivity contribution in [2.24, 2.45) is 0 Å². The van der Waals surface area contributed by atoms with Gasteiger partial charge in [-0.2, -0.15) is 0 Å². The van der Waals surface area contributed by atoms with Crippen LogP contribution in [0.2, 0.25) is 0 Å². The van der Waals surface area contributed by atoms with Gasteiger partial charge in [-0.05, 0) is 127 Å². The van der Waals surface area contributed by atoms with Crippen LogP contribution in [0.15, 0.2) is 231 Å². The highest BCUT2D eigenvalue weighted by molar-refractivity contribution is 6.12. The highest BCUT2D eigenvalue weighted by atomic mass is 15.1. The van der Waals surface area contributed by atoms with Crippen molar-refractivity contribution in [3.8, 4) is 22.3 Å². The molecule has 2 nitrogen and oxygen atoms in total. The normalized spacial score (nSPS) is 14.5. The van der Waals surface area contributed by atoms with Crippen LogP contribution in [0, 0.1) is 0 Å². The predicted molar refractivity (Wildman–Crippen MR) is 247 cm³/mol. The summed E-state index contributed by atoms with van der Waals surface area (Å²) in [5.74, 6) is 0. The summed E-state index contributed by atoms with van der Waals surface area (Å²) in [6.07, 6.45) is 0. The van der Waals surface area contributed by atoms with E-state index in [9.17, 15) is 0 Å². The molecular formula is C57H38N2. The Kier molecular flexibility index (Phi) is 7.48. The zero-order chi connectivity index (χ0) is 38.9. The number of anilines is 6. The number of rotatable bonds is 6. The van der Waals surface area contributed by atoms with Crippen LogP contribution in [0.3, 0.4) is 0 Å². The average Bonchev–Trinajstić information content (AvgIpc) is 3.77. The number of nitrogens with zero attached hydrogens (tertiary/aromatic N) is 2. The Morgan fingerprint density at radius 2 is 0.763 bits per heavy atom. The lowest BCUT2D eigenvalue weighted by Gasteiger charge is -2.34. The molecule has 0 bridgehead atoms. The molecule has 0 heterocycles. The smallest absolute Gasteiger partial charge is 0.0727 e. The molecule has 12 rings (SSSR count). The molecule has 0 saturated carbocycles. The molecule has 10 aromatic rings. The lowest BCUT2D eigenvalue weighted by molar-refractivity contribution is 0.794. The molecule has 0 saturated heterocycles. The predicted octanol–water partition coefficient (Wildman–Crippen LogP) is 15.3. The van der Waals surface area contributed by atoms with Crippen LogP contribution in [0.25, 0.3) is 43.8 Å². The van der Waals surface area contributed by atoms with Crippen LogP contribution in [0.1, 0.15) is 22.3 Å². The molecule has 59 heavy (non-hydrogen) atoms. The number of hydrogen-bond donors (Lipinski definition) is 0. The van der Waals surface area contributed by atoms with Gasteiger partial charge in [0.2, 0.25) is 0 Å². The van der Waals surface area contributed by atoms with Crippen molar-refractivity contribution in [2.45, 2.75) is 5.41 Å². The first-order chi connectivity index (χ1) is 29.3. The molecule has 2 aliphatic carbocycles. The highest BCUT2D eigenvalue weighted by Crippen LogP contribution is 2.65. The van der Waals surface area contributed by atoms with E-state index in [1.807, 2.05) is 0 Å². The molecule has 1 spiro atoms. The Labute approximate surface area is 344 Å². The second kappa shape index (κ2) is 13.2. The SMILES string of the molecule is c1ccc(N(c2ccc3c(c2)C2(c4ccccc4-3)c3ccccc3-c3c2cc(N(c2ccccc2)c2ccccc2)c2ccccc32)c2ccc3ccccc3c2)cc1. The summed E-state index contributed by atoms with van der Waals surface area (Å²) in [5.41, 5.74) is 16.6. The van der Waals surface area contributed by atoms with Gasteiger partial charge in [0.1, 0.15) is 0 Å². The number of hydrogen-bond acceptors (Lipinski definition) is 2. The van der Waals surface area contributed by atoms with Gasteiger partial charge in [-0.15, -0.1) is 0 Å². The van der Waals surface area contributed by atoms with Crippen LogP contribution in [-0.4, -0.2) is 0 Å². The van der Waals surface area contributed by atoms with Crippen LogP contribution >= 0.6 is 0 Å². The van der Waals surface area contributed by atoms with E-state index in [1.165, 1.54) is 66.1 Å². The molecule has 10 aromatic carbocycles. The van der Waals surface area contributed by atoms with Crippen molar-refractivity contribution in [3.05, 3.63) is 253 Å². The first kappa shape index (κ1) is 33.5. The van der Waals surface area contributed by atoms with Crippen LogP contribution < -0.4 is 9.80 Å². The maximum atomic E-state index is 2.52. The van der Waals surface area contributed by atoms with Gasteiger partial charge in [-0.1, -0.05) is 164 Å². The zero-order valence-electron chi connectivity index (χ0n) is 32.3. The molecule has 0 N–H and O–H groups in total. The quantitative estimate of drug-likeness (QED) is 0.167. The molecule has 2 heteroatoms. The number of benzene rings is 10. The zero-order valence-corrected chi connectivity index (χ0v) is 32.3. The molecule has 0 aliphatic heterocycles. The van der Waals surface area contributed by atoms with Gasteiger partial charge in [0, 0.05) is 33.8 Å². The third kappa shape index (κ3) is 4.93. The standard InChI is InChI=1S/C57H38N2/c1-4-20-41(21-5-1)58(44-33-32-39-18-10-11-19-40(39)36-44)45-34-35-47-46-26-14-16-30-51(46)57(53(47)37-45)52-31-17-15-29-50(52)56-49-28-13-12-27-48(49)55(38-54(56)57)59(42-22-6-2-7-23-42)43-24-8-3-9-25-43/h1-38H. The van der Waals surface area contributed by atoms with Crippen molar-refractivity contribution in [1.82, 2.24) is 0 Å². The maximum Gasteiger partial charge on any atom is 0.0727 e. The van der Waals surface area contributed by atoms with E-state index in [4.69, 9.17) is 0 Å². The molecule has 0 fully saturated rings. The summed E-state index contributed by atoms with van der Waals surface area (Å²) in [6.45, 7) is 0. The van der Waals surface area contributed by atoms with Crippen molar-refractivity contribution < 1.29 is 0 Å². The molecule has 0 radical (unpaired) electrons. The molecule has 1 atom stereocenters. The van der Waals surface area contributed by atoms with Crippen molar-refractivity contribution in [3.63, 3.8) is 0 Å². The first-order valence-corrected chi connectivity index (χ1v) is 20.4. The summed E-state index contributed by atoms with van der Waals surface area (Å²) in [6, 6.07) is 84.9. The largest absolute Gasteiger partial charge is 0.310 e.